The second kappa shape index (κ2) is 11.6. The van der Waals surface area contributed by atoms with Crippen LogP contribution >= 0.6 is 0 Å². The largest absolute Gasteiger partial charge is 0.496 e. The second-order valence-electron chi connectivity index (χ2n) is 7.21. The second-order valence-corrected chi connectivity index (χ2v) is 8.77. The van der Waals surface area contributed by atoms with Gasteiger partial charge in [-0.3, -0.25) is 19.6 Å². The molecule has 0 heterocycles. The van der Waals surface area contributed by atoms with Crippen molar-refractivity contribution in [1.29, 1.82) is 0 Å². The zero-order valence-corrected chi connectivity index (χ0v) is 19.7. The van der Waals surface area contributed by atoms with Crippen molar-refractivity contribution in [3.63, 3.8) is 0 Å². The van der Waals surface area contributed by atoms with Gasteiger partial charge in [0.25, 0.3) is 21.6 Å². The van der Waals surface area contributed by atoms with Crippen LogP contribution in [0.25, 0.3) is 6.08 Å². The first-order valence-corrected chi connectivity index (χ1v) is 11.9. The lowest BCUT2D eigenvalue weighted by atomic mass is 10.2. The molecule has 0 aromatic heterocycles. The van der Waals surface area contributed by atoms with Crippen molar-refractivity contribution in [2.75, 3.05) is 23.8 Å². The van der Waals surface area contributed by atoms with Gasteiger partial charge in [0.05, 0.1) is 29.1 Å². The van der Waals surface area contributed by atoms with Crippen LogP contribution in [0.5, 0.6) is 5.75 Å². The Balaban J connectivity index is 1.60. The molecule has 3 rings (SSSR count). The number of nitro groups is 1. The Morgan fingerprint density at radius 2 is 1.78 bits per heavy atom. The summed E-state index contributed by atoms with van der Waals surface area (Å²) >= 11 is 0. The molecule has 0 radical (unpaired) electrons. The van der Waals surface area contributed by atoms with E-state index in [1.165, 1.54) is 49.6 Å². The number of nitrogens with zero attached hydrogens (tertiary/aromatic N) is 1. The van der Waals surface area contributed by atoms with E-state index >= 15 is 0 Å². The number of carbonyl (C=O) groups is 2. The number of amides is 1. The van der Waals surface area contributed by atoms with Crippen LogP contribution in [-0.2, 0) is 19.6 Å². The van der Waals surface area contributed by atoms with Gasteiger partial charge in [0.1, 0.15) is 11.4 Å². The van der Waals surface area contributed by atoms with Crippen LogP contribution < -0.4 is 14.8 Å². The molecule has 0 unspecified atom stereocenters. The first-order valence-electron chi connectivity index (χ1n) is 10.3. The summed E-state index contributed by atoms with van der Waals surface area (Å²) in [4.78, 5) is 35.1. The van der Waals surface area contributed by atoms with Gasteiger partial charge in [0.2, 0.25) is 0 Å². The lowest BCUT2D eigenvalue weighted by Gasteiger charge is -2.09. The Morgan fingerprint density at radius 1 is 1.03 bits per heavy atom. The third-order valence-corrected chi connectivity index (χ3v) is 5.62. The normalized spacial score (nSPS) is 11.0. The summed E-state index contributed by atoms with van der Waals surface area (Å²) in [5, 5.41) is 14.5. The Bertz CT molecular complexity index is 1410. The summed E-state index contributed by atoms with van der Waals surface area (Å²) in [5.41, 5.74) is 0.307. The smallest absolute Gasteiger partial charge is 0.338 e. The van der Waals surface area contributed by atoms with Gasteiger partial charge < -0.3 is 14.8 Å². The molecule has 12 heteroatoms. The highest BCUT2D eigenvalue weighted by atomic mass is 32.2. The maximum absolute atomic E-state index is 12.4. The van der Waals surface area contributed by atoms with E-state index in [0.29, 0.717) is 5.56 Å². The number of nitrogens with one attached hydrogen (secondary N) is 2. The van der Waals surface area contributed by atoms with E-state index in [1.54, 1.807) is 30.3 Å². The number of esters is 1. The van der Waals surface area contributed by atoms with Gasteiger partial charge in [-0.15, -0.1) is 0 Å². The van der Waals surface area contributed by atoms with Crippen LogP contribution in [0.3, 0.4) is 0 Å². The molecule has 3 aromatic rings. The molecule has 0 bridgehead atoms. The Labute approximate surface area is 206 Å². The van der Waals surface area contributed by atoms with Crippen molar-refractivity contribution in [1.82, 2.24) is 0 Å². The van der Waals surface area contributed by atoms with Gasteiger partial charge in [-0.2, -0.15) is 0 Å². The van der Waals surface area contributed by atoms with E-state index < -0.39 is 39.1 Å². The zero-order chi connectivity index (χ0) is 26.1. The SMILES string of the molecule is COc1ccc(NC(=O)COC(=O)c2cccc(NS(=O)(=O)/C=C/c3ccccc3)c2)c([N+](=O)[O-])c1. The number of sulfonamides is 1. The van der Waals surface area contributed by atoms with Gasteiger partial charge in [0.15, 0.2) is 6.61 Å². The molecule has 3 aromatic carbocycles. The third-order valence-electron chi connectivity index (χ3n) is 4.61. The standard InChI is InChI=1S/C24H21N3O8S/c1-34-20-10-11-21(22(15-20)27(30)31)25-23(28)16-35-24(29)18-8-5-9-19(14-18)26-36(32,33)13-12-17-6-3-2-4-7-17/h2-15,26H,16H2,1H3,(H,25,28)/b13-12+. The summed E-state index contributed by atoms with van der Waals surface area (Å²) in [6.45, 7) is -0.724. The fourth-order valence-corrected chi connectivity index (χ4v) is 3.80. The van der Waals surface area contributed by atoms with Crippen molar-refractivity contribution in [2.24, 2.45) is 0 Å². The summed E-state index contributed by atoms with van der Waals surface area (Å²) in [6.07, 6.45) is 1.42. The molecule has 186 valence electrons. The van der Waals surface area contributed by atoms with E-state index in [2.05, 4.69) is 10.0 Å². The number of anilines is 2. The predicted octanol–water partition coefficient (Wildman–Crippen LogP) is 3.81. The van der Waals surface area contributed by atoms with Gasteiger partial charge in [-0.1, -0.05) is 36.4 Å². The van der Waals surface area contributed by atoms with Crippen molar-refractivity contribution < 1.29 is 32.4 Å². The zero-order valence-electron chi connectivity index (χ0n) is 18.9. The fourth-order valence-electron chi connectivity index (χ4n) is 2.94. The minimum Gasteiger partial charge on any atom is -0.496 e. The number of ether oxygens (including phenoxy) is 2. The molecule has 2 N–H and O–H groups in total. The Kier molecular flexibility index (Phi) is 8.36. The predicted molar refractivity (Wildman–Crippen MR) is 133 cm³/mol. The van der Waals surface area contributed by atoms with E-state index in [-0.39, 0.29) is 22.7 Å². The molecular formula is C24H21N3O8S. The number of benzene rings is 3. The van der Waals surface area contributed by atoms with Crippen molar-refractivity contribution in [3.8, 4) is 5.75 Å². The molecular weight excluding hydrogens is 490 g/mol. The van der Waals surface area contributed by atoms with Crippen LogP contribution in [-0.4, -0.2) is 38.9 Å². The van der Waals surface area contributed by atoms with Crippen molar-refractivity contribution in [3.05, 3.63) is 99.4 Å². The average molecular weight is 512 g/mol. The quantitative estimate of drug-likeness (QED) is 0.237. The number of hydrogen-bond donors (Lipinski definition) is 2. The van der Waals surface area contributed by atoms with E-state index in [0.717, 1.165) is 11.5 Å². The minimum atomic E-state index is -3.86. The molecule has 0 aliphatic carbocycles. The molecule has 0 saturated carbocycles. The molecule has 1 amide bonds. The summed E-state index contributed by atoms with van der Waals surface area (Å²) in [5.74, 6) is -1.47. The van der Waals surface area contributed by atoms with Gasteiger partial charge >= 0.3 is 5.97 Å². The van der Waals surface area contributed by atoms with E-state index in [1.807, 2.05) is 0 Å². The van der Waals surface area contributed by atoms with Gasteiger partial charge in [0, 0.05) is 5.69 Å². The first kappa shape index (κ1) is 25.9. The maximum Gasteiger partial charge on any atom is 0.338 e. The fraction of sp³-hybridized carbons (Fsp3) is 0.0833. The number of hydrogen-bond acceptors (Lipinski definition) is 8. The van der Waals surface area contributed by atoms with Crippen LogP contribution in [0.15, 0.2) is 78.2 Å². The van der Waals surface area contributed by atoms with Crippen LogP contribution in [0.4, 0.5) is 17.1 Å². The van der Waals surface area contributed by atoms with Crippen LogP contribution in [0.1, 0.15) is 15.9 Å². The highest BCUT2D eigenvalue weighted by Crippen LogP contribution is 2.28. The molecule has 0 aliphatic heterocycles. The van der Waals surface area contributed by atoms with E-state index in [9.17, 15) is 28.1 Å². The number of methoxy groups -OCH3 is 1. The monoisotopic (exact) mass is 511 g/mol. The summed E-state index contributed by atoms with van der Waals surface area (Å²) < 4.78 is 36.9. The highest BCUT2D eigenvalue weighted by molar-refractivity contribution is 7.95. The lowest BCUT2D eigenvalue weighted by Crippen LogP contribution is -2.21. The molecule has 0 fully saturated rings. The first-order chi connectivity index (χ1) is 17.2. The van der Waals surface area contributed by atoms with Gasteiger partial charge in [-0.25, -0.2) is 13.2 Å². The molecule has 11 nitrogen and oxygen atoms in total. The average Bonchev–Trinajstić information content (AvgIpc) is 2.86. The number of nitro benzene ring substituents is 1. The summed E-state index contributed by atoms with van der Waals surface area (Å²) in [6, 6.07) is 18.2. The van der Waals surface area contributed by atoms with E-state index in [4.69, 9.17) is 9.47 Å². The van der Waals surface area contributed by atoms with Gasteiger partial charge in [-0.05, 0) is 42.0 Å². The molecule has 0 aliphatic rings. The summed E-state index contributed by atoms with van der Waals surface area (Å²) in [7, 11) is -2.52. The van der Waals surface area contributed by atoms with Crippen LogP contribution in [0.2, 0.25) is 0 Å². The third kappa shape index (κ3) is 7.40. The maximum atomic E-state index is 12.4. The molecule has 36 heavy (non-hydrogen) atoms. The Morgan fingerprint density at radius 3 is 2.47 bits per heavy atom. The minimum absolute atomic E-state index is 0.00883. The molecule has 0 spiro atoms. The lowest BCUT2D eigenvalue weighted by molar-refractivity contribution is -0.384. The Hall–Kier alpha value is -4.71. The van der Waals surface area contributed by atoms with Crippen molar-refractivity contribution in [2.45, 2.75) is 0 Å². The highest BCUT2D eigenvalue weighted by Gasteiger charge is 2.18. The number of carbonyl (C=O) groups excluding carboxylic acids is 2. The van der Waals surface area contributed by atoms with Crippen LogP contribution in [0, 0.1) is 10.1 Å². The molecule has 0 atom stereocenters. The van der Waals surface area contributed by atoms with Crippen molar-refractivity contribution >= 4 is 45.0 Å². The molecule has 0 saturated heterocycles. The topological polar surface area (TPSA) is 154 Å². The number of rotatable bonds is 10.